The molecule has 0 amide bonds. The Balaban J connectivity index is 2.72. The molecule has 6 heteroatoms. The van der Waals surface area contributed by atoms with Crippen LogP contribution in [0.25, 0.3) is 0 Å². The molecule has 0 aromatic heterocycles. The van der Waals surface area contributed by atoms with Crippen molar-refractivity contribution in [2.75, 3.05) is 6.61 Å². The quantitative estimate of drug-likeness (QED) is 0.471. The molecule has 0 aromatic rings. The Bertz CT molecular complexity index is 226. The van der Waals surface area contributed by atoms with E-state index in [1.165, 1.54) is 0 Å². The van der Waals surface area contributed by atoms with Crippen molar-refractivity contribution in [2.24, 2.45) is 0 Å². The minimum absolute atomic E-state index is 0.475. The maximum Gasteiger partial charge on any atom is 0.184 e. The molecule has 0 radical (unpaired) electrons. The van der Waals surface area contributed by atoms with Crippen LogP contribution in [0.3, 0.4) is 0 Å². The summed E-state index contributed by atoms with van der Waals surface area (Å²) in [5.41, 5.74) is -0.582. The number of rotatable bonds is 2. The zero-order valence-electron chi connectivity index (χ0n) is 9.70. The Morgan fingerprint density at radius 1 is 1.12 bits per heavy atom. The van der Waals surface area contributed by atoms with Crippen molar-refractivity contribution in [2.45, 2.75) is 57.1 Å². The number of ether oxygens (including phenoxy) is 2. The summed E-state index contributed by atoms with van der Waals surface area (Å²) in [5.74, 6) is 0. The first-order valence-corrected chi connectivity index (χ1v) is 5.24. The molecule has 1 rings (SSSR count). The summed E-state index contributed by atoms with van der Waals surface area (Å²) < 4.78 is 10.3. The Labute approximate surface area is 94.4 Å². The van der Waals surface area contributed by atoms with Gasteiger partial charge in [-0.15, -0.1) is 0 Å². The molecule has 4 N–H and O–H groups in total. The van der Waals surface area contributed by atoms with E-state index in [9.17, 15) is 15.3 Å². The highest BCUT2D eigenvalue weighted by molar-refractivity contribution is 4.90. The average molecular weight is 236 g/mol. The first-order valence-electron chi connectivity index (χ1n) is 5.24. The molecule has 96 valence electrons. The van der Waals surface area contributed by atoms with Gasteiger partial charge < -0.3 is 29.9 Å². The lowest BCUT2D eigenvalue weighted by Crippen LogP contribution is -2.60. The molecule has 0 aliphatic carbocycles. The highest BCUT2D eigenvalue weighted by atomic mass is 16.7. The van der Waals surface area contributed by atoms with E-state index in [4.69, 9.17) is 14.6 Å². The monoisotopic (exact) mass is 236 g/mol. The Hall–Kier alpha value is -0.240. The van der Waals surface area contributed by atoms with Gasteiger partial charge in [0.05, 0.1) is 12.2 Å². The molecule has 0 aromatic carbocycles. The molecule has 1 fully saturated rings. The molecule has 1 saturated heterocycles. The van der Waals surface area contributed by atoms with Crippen LogP contribution in [-0.2, 0) is 9.47 Å². The third-order valence-corrected chi connectivity index (χ3v) is 2.33. The van der Waals surface area contributed by atoms with E-state index in [-0.39, 0.29) is 0 Å². The summed E-state index contributed by atoms with van der Waals surface area (Å²) in [4.78, 5) is 0. The van der Waals surface area contributed by atoms with Gasteiger partial charge >= 0.3 is 0 Å². The zero-order valence-corrected chi connectivity index (χ0v) is 9.70. The van der Waals surface area contributed by atoms with Crippen LogP contribution in [0, 0.1) is 0 Å². The predicted octanol–water partition coefficient (Wildman–Crippen LogP) is -1.40. The van der Waals surface area contributed by atoms with E-state index in [0.29, 0.717) is 0 Å². The fourth-order valence-corrected chi connectivity index (χ4v) is 1.61. The fourth-order valence-electron chi connectivity index (χ4n) is 1.61. The molecule has 0 saturated carbocycles. The Morgan fingerprint density at radius 2 is 1.69 bits per heavy atom. The van der Waals surface area contributed by atoms with Crippen molar-refractivity contribution in [3.05, 3.63) is 0 Å². The number of hydrogen-bond donors (Lipinski definition) is 4. The third kappa shape index (κ3) is 3.13. The highest BCUT2D eigenvalue weighted by Gasteiger charge is 2.45. The fraction of sp³-hybridized carbons (Fsp3) is 1.00. The zero-order chi connectivity index (χ0) is 12.5. The summed E-state index contributed by atoms with van der Waals surface area (Å²) in [6, 6.07) is 0. The van der Waals surface area contributed by atoms with Gasteiger partial charge in [0, 0.05) is 0 Å². The second kappa shape index (κ2) is 4.95. The van der Waals surface area contributed by atoms with Crippen molar-refractivity contribution in [3.8, 4) is 0 Å². The van der Waals surface area contributed by atoms with Crippen molar-refractivity contribution in [3.63, 3.8) is 0 Å². The van der Waals surface area contributed by atoms with Crippen LogP contribution in [0.1, 0.15) is 20.8 Å². The highest BCUT2D eigenvalue weighted by Crippen LogP contribution is 2.25. The van der Waals surface area contributed by atoms with Gasteiger partial charge in [-0.25, -0.2) is 0 Å². The van der Waals surface area contributed by atoms with Gasteiger partial charge in [0.15, 0.2) is 6.29 Å². The smallest absolute Gasteiger partial charge is 0.184 e. The average Bonchev–Trinajstić information content (AvgIpc) is 2.17. The molecule has 5 atom stereocenters. The van der Waals surface area contributed by atoms with Crippen LogP contribution in [0.2, 0.25) is 0 Å². The molecule has 16 heavy (non-hydrogen) atoms. The normalized spacial score (nSPS) is 41.1. The predicted molar refractivity (Wildman–Crippen MR) is 54.6 cm³/mol. The molecule has 1 aliphatic rings. The lowest BCUT2D eigenvalue weighted by atomic mass is 9.98. The van der Waals surface area contributed by atoms with Crippen molar-refractivity contribution >= 4 is 0 Å². The molecule has 2 unspecified atom stereocenters. The van der Waals surface area contributed by atoms with Gasteiger partial charge in [0.2, 0.25) is 0 Å². The molecule has 1 heterocycles. The van der Waals surface area contributed by atoms with Crippen molar-refractivity contribution in [1.29, 1.82) is 0 Å². The van der Waals surface area contributed by atoms with Crippen molar-refractivity contribution < 1.29 is 29.9 Å². The molecule has 1 aliphatic heterocycles. The molecular weight excluding hydrogens is 216 g/mol. The van der Waals surface area contributed by atoms with Crippen molar-refractivity contribution in [1.82, 2.24) is 0 Å². The largest absolute Gasteiger partial charge is 0.394 e. The van der Waals surface area contributed by atoms with Crippen LogP contribution >= 0.6 is 0 Å². The van der Waals surface area contributed by atoms with Gasteiger partial charge in [-0.3, -0.25) is 0 Å². The van der Waals surface area contributed by atoms with Gasteiger partial charge in [-0.1, -0.05) is 0 Å². The number of aliphatic hydroxyl groups excluding tert-OH is 4. The first kappa shape index (κ1) is 13.8. The molecule has 0 bridgehead atoms. The van der Waals surface area contributed by atoms with Crippen LogP contribution in [-0.4, -0.2) is 63.3 Å². The van der Waals surface area contributed by atoms with E-state index in [1.807, 2.05) is 0 Å². The van der Waals surface area contributed by atoms with Gasteiger partial charge in [0.25, 0.3) is 0 Å². The van der Waals surface area contributed by atoms with E-state index in [0.717, 1.165) is 0 Å². The van der Waals surface area contributed by atoms with Crippen LogP contribution in [0.15, 0.2) is 0 Å². The van der Waals surface area contributed by atoms with E-state index >= 15 is 0 Å². The lowest BCUT2D eigenvalue weighted by Gasteiger charge is -2.42. The third-order valence-electron chi connectivity index (χ3n) is 2.33. The SMILES string of the molecule is CC(C)(C)OC1[C@H](O)OC(CO)[C@@H](O)[C@@H]1O. The van der Waals surface area contributed by atoms with Crippen LogP contribution in [0.5, 0.6) is 0 Å². The lowest BCUT2D eigenvalue weighted by molar-refractivity contribution is -0.310. The van der Waals surface area contributed by atoms with Gasteiger partial charge in [0.1, 0.15) is 24.4 Å². The standard InChI is InChI=1S/C10H20O6/c1-10(2,3)16-8-7(13)6(12)5(4-11)15-9(8)14/h5-9,11-14H,4H2,1-3H3/t5?,6-,7+,8?,9-/m1/s1. The summed E-state index contributed by atoms with van der Waals surface area (Å²) in [5, 5.41) is 37.8. The number of hydrogen-bond acceptors (Lipinski definition) is 6. The van der Waals surface area contributed by atoms with Gasteiger partial charge in [-0.2, -0.15) is 0 Å². The van der Waals surface area contributed by atoms with Crippen LogP contribution < -0.4 is 0 Å². The van der Waals surface area contributed by atoms with Gasteiger partial charge in [-0.05, 0) is 20.8 Å². The topological polar surface area (TPSA) is 99.4 Å². The molecule has 6 nitrogen and oxygen atoms in total. The van der Waals surface area contributed by atoms with E-state index in [2.05, 4.69) is 0 Å². The second-order valence-corrected chi connectivity index (χ2v) is 4.92. The minimum Gasteiger partial charge on any atom is -0.394 e. The first-order chi connectivity index (χ1) is 7.26. The second-order valence-electron chi connectivity index (χ2n) is 4.92. The number of aliphatic hydroxyl groups is 4. The Kier molecular flexibility index (Phi) is 4.28. The van der Waals surface area contributed by atoms with E-state index in [1.54, 1.807) is 20.8 Å². The minimum atomic E-state index is -1.37. The summed E-state index contributed by atoms with van der Waals surface area (Å²) in [6.45, 7) is 4.81. The summed E-state index contributed by atoms with van der Waals surface area (Å²) in [7, 11) is 0. The summed E-state index contributed by atoms with van der Waals surface area (Å²) >= 11 is 0. The molecular formula is C10H20O6. The molecule has 0 spiro atoms. The maximum atomic E-state index is 9.75. The Morgan fingerprint density at radius 3 is 2.12 bits per heavy atom. The van der Waals surface area contributed by atoms with E-state index < -0.39 is 42.9 Å². The summed E-state index contributed by atoms with van der Waals surface area (Å²) in [6.07, 6.45) is -5.96. The van der Waals surface area contributed by atoms with Crippen LogP contribution in [0.4, 0.5) is 0 Å². The maximum absolute atomic E-state index is 9.75.